The van der Waals surface area contributed by atoms with Crippen molar-refractivity contribution >= 4 is 12.0 Å². The van der Waals surface area contributed by atoms with Crippen molar-refractivity contribution in [2.24, 2.45) is 0 Å². The van der Waals surface area contributed by atoms with E-state index in [2.05, 4.69) is 11.8 Å². The minimum atomic E-state index is -4.90. The first-order valence-electron chi connectivity index (χ1n) is 10.5. The summed E-state index contributed by atoms with van der Waals surface area (Å²) in [4.78, 5) is 27.4. The highest BCUT2D eigenvalue weighted by molar-refractivity contribution is 5.82. The number of amides is 2. The zero-order chi connectivity index (χ0) is 23.4. The summed E-state index contributed by atoms with van der Waals surface area (Å²) in [5, 5.41) is 1.97. The third kappa shape index (κ3) is 7.12. The molecule has 1 heterocycles. The van der Waals surface area contributed by atoms with Gasteiger partial charge in [0.25, 0.3) is 0 Å². The van der Waals surface area contributed by atoms with Gasteiger partial charge >= 0.3 is 18.2 Å². The Bertz CT molecular complexity index is 752. The number of carbonyl (C=O) groups excluding carboxylic acids is 2. The highest BCUT2D eigenvalue weighted by atomic mass is 19.4. The molecule has 0 aromatic heterocycles. The van der Waals surface area contributed by atoms with Gasteiger partial charge in [-0.1, -0.05) is 31.2 Å². The van der Waals surface area contributed by atoms with Gasteiger partial charge in [-0.05, 0) is 45.2 Å². The number of hydrogen-bond acceptors (Lipinski definition) is 4. The Labute approximate surface area is 181 Å². The summed E-state index contributed by atoms with van der Waals surface area (Å²) in [6.07, 6.45) is -4.35. The van der Waals surface area contributed by atoms with Crippen molar-refractivity contribution in [3.8, 4) is 0 Å². The third-order valence-electron chi connectivity index (χ3n) is 5.22. The molecule has 1 aromatic carbocycles. The van der Waals surface area contributed by atoms with Crippen molar-refractivity contribution in [2.75, 3.05) is 26.2 Å². The van der Waals surface area contributed by atoms with E-state index in [-0.39, 0.29) is 12.1 Å². The topological polar surface area (TPSA) is 61.9 Å². The quantitative estimate of drug-likeness (QED) is 0.731. The van der Waals surface area contributed by atoms with Crippen LogP contribution in [0.5, 0.6) is 0 Å². The molecular formula is C22H32F3N3O3. The molecule has 1 aliphatic heterocycles. The Morgan fingerprint density at radius 2 is 1.55 bits per heavy atom. The van der Waals surface area contributed by atoms with Crippen molar-refractivity contribution in [2.45, 2.75) is 64.9 Å². The van der Waals surface area contributed by atoms with Crippen LogP contribution in [0.15, 0.2) is 24.3 Å². The van der Waals surface area contributed by atoms with Crippen LogP contribution < -0.4 is 5.32 Å². The number of benzene rings is 1. The summed E-state index contributed by atoms with van der Waals surface area (Å²) in [7, 11) is 0. The van der Waals surface area contributed by atoms with Gasteiger partial charge in [0, 0.05) is 32.2 Å². The molecule has 174 valence electrons. The van der Waals surface area contributed by atoms with Gasteiger partial charge in [-0.15, -0.1) is 0 Å². The first kappa shape index (κ1) is 25.0. The third-order valence-corrected chi connectivity index (χ3v) is 5.22. The van der Waals surface area contributed by atoms with Gasteiger partial charge in [0.2, 0.25) is 0 Å². The number of ether oxygens (including phenoxy) is 1. The number of carbonyl (C=O) groups is 2. The monoisotopic (exact) mass is 443 g/mol. The molecule has 2 amide bonds. The molecule has 0 saturated carbocycles. The Morgan fingerprint density at radius 1 is 1.03 bits per heavy atom. The van der Waals surface area contributed by atoms with Crippen LogP contribution in [0.4, 0.5) is 18.0 Å². The average molecular weight is 444 g/mol. The number of nitrogens with one attached hydrogen (secondary N) is 1. The van der Waals surface area contributed by atoms with Crippen LogP contribution >= 0.6 is 0 Å². The Hall–Kier alpha value is -2.29. The first-order chi connectivity index (χ1) is 14.3. The lowest BCUT2D eigenvalue weighted by Gasteiger charge is -2.39. The fraction of sp³-hybridized carbons (Fsp3) is 0.636. The van der Waals surface area contributed by atoms with Crippen molar-refractivity contribution in [3.63, 3.8) is 0 Å². The molecule has 9 heteroatoms. The van der Waals surface area contributed by atoms with Crippen LogP contribution in [-0.2, 0) is 9.53 Å². The number of halogens is 3. The second-order valence-electron chi connectivity index (χ2n) is 8.79. The van der Waals surface area contributed by atoms with Gasteiger partial charge in [-0.3, -0.25) is 9.69 Å². The van der Waals surface area contributed by atoms with Crippen molar-refractivity contribution in [3.05, 3.63) is 35.4 Å². The molecule has 1 fully saturated rings. The summed E-state index contributed by atoms with van der Waals surface area (Å²) in [6.45, 7) is 11.7. The van der Waals surface area contributed by atoms with E-state index in [0.29, 0.717) is 31.7 Å². The van der Waals surface area contributed by atoms with Crippen LogP contribution in [0.2, 0.25) is 0 Å². The predicted octanol–water partition coefficient (Wildman–Crippen LogP) is 4.43. The largest absolute Gasteiger partial charge is 0.471 e. The summed E-state index contributed by atoms with van der Waals surface area (Å²) in [5.41, 5.74) is 1.12. The molecule has 1 aliphatic rings. The van der Waals surface area contributed by atoms with E-state index < -0.39 is 23.7 Å². The molecule has 0 spiro atoms. The SMILES string of the molecule is CCC(c1ccc(C(C)NC(=O)C(F)(F)F)cc1)N1CCN(C(=O)OC(C)(C)C)CC1. The maximum absolute atomic E-state index is 12.5. The molecule has 2 atom stereocenters. The molecule has 2 rings (SSSR count). The first-order valence-corrected chi connectivity index (χ1v) is 10.5. The minimum absolute atomic E-state index is 0.134. The van der Waals surface area contributed by atoms with Crippen LogP contribution in [0.3, 0.4) is 0 Å². The molecule has 0 bridgehead atoms. The smallest absolute Gasteiger partial charge is 0.444 e. The molecule has 0 aliphatic carbocycles. The van der Waals surface area contributed by atoms with Crippen molar-refractivity contribution < 1.29 is 27.5 Å². The number of alkyl halides is 3. The lowest BCUT2D eigenvalue weighted by Crippen LogP contribution is -2.50. The lowest BCUT2D eigenvalue weighted by atomic mass is 9.98. The van der Waals surface area contributed by atoms with Crippen molar-refractivity contribution in [1.82, 2.24) is 15.1 Å². The standard InChI is InChI=1S/C22H32F3N3O3/c1-6-18(27-11-13-28(14-12-27)20(30)31-21(3,4)5)17-9-7-16(8-10-17)15(2)26-19(29)22(23,24)25/h7-10,15,18H,6,11-14H2,1-5H3,(H,26,29). The van der Waals surface area contributed by atoms with Gasteiger partial charge in [-0.2, -0.15) is 13.2 Å². The van der Waals surface area contributed by atoms with E-state index in [1.807, 2.05) is 38.2 Å². The van der Waals surface area contributed by atoms with E-state index in [0.717, 1.165) is 12.0 Å². The molecule has 1 aromatic rings. The summed E-state index contributed by atoms with van der Waals surface area (Å²) in [5.74, 6) is -1.95. The zero-order valence-electron chi connectivity index (χ0n) is 18.8. The number of nitrogens with zero attached hydrogens (tertiary/aromatic N) is 2. The minimum Gasteiger partial charge on any atom is -0.444 e. The lowest BCUT2D eigenvalue weighted by molar-refractivity contribution is -0.174. The molecular weight excluding hydrogens is 411 g/mol. The molecule has 1 saturated heterocycles. The molecule has 0 radical (unpaired) electrons. The van der Waals surface area contributed by atoms with Crippen LogP contribution in [0.25, 0.3) is 0 Å². The maximum Gasteiger partial charge on any atom is 0.471 e. The average Bonchev–Trinajstić information content (AvgIpc) is 2.67. The van der Waals surface area contributed by atoms with Gasteiger partial charge in [0.1, 0.15) is 5.60 Å². The molecule has 6 nitrogen and oxygen atoms in total. The fourth-order valence-electron chi connectivity index (χ4n) is 3.62. The fourth-order valence-corrected chi connectivity index (χ4v) is 3.62. The second kappa shape index (κ2) is 9.89. The molecule has 2 unspecified atom stereocenters. The van der Waals surface area contributed by atoms with E-state index >= 15 is 0 Å². The van der Waals surface area contributed by atoms with Gasteiger partial charge in [0.15, 0.2) is 0 Å². The number of rotatable bonds is 5. The zero-order valence-corrected chi connectivity index (χ0v) is 18.8. The Morgan fingerprint density at radius 3 is 2.00 bits per heavy atom. The van der Waals surface area contributed by atoms with Crippen molar-refractivity contribution in [1.29, 1.82) is 0 Å². The van der Waals surface area contributed by atoms with E-state index in [1.165, 1.54) is 6.92 Å². The van der Waals surface area contributed by atoms with Crippen LogP contribution in [0.1, 0.15) is 64.3 Å². The highest BCUT2D eigenvalue weighted by Gasteiger charge is 2.39. The Balaban J connectivity index is 1.98. The summed E-state index contributed by atoms with van der Waals surface area (Å²) >= 11 is 0. The molecule has 1 N–H and O–H groups in total. The van der Waals surface area contributed by atoms with E-state index in [9.17, 15) is 22.8 Å². The van der Waals surface area contributed by atoms with Gasteiger partial charge in [-0.25, -0.2) is 4.79 Å². The van der Waals surface area contributed by atoms with Gasteiger partial charge in [0.05, 0.1) is 6.04 Å². The summed E-state index contributed by atoms with van der Waals surface area (Å²) in [6, 6.07) is 6.66. The maximum atomic E-state index is 12.5. The van der Waals surface area contributed by atoms with Crippen LogP contribution in [-0.4, -0.2) is 59.8 Å². The predicted molar refractivity (Wildman–Crippen MR) is 111 cm³/mol. The number of hydrogen-bond donors (Lipinski definition) is 1. The van der Waals surface area contributed by atoms with E-state index in [4.69, 9.17) is 4.74 Å². The highest BCUT2D eigenvalue weighted by Crippen LogP contribution is 2.27. The second-order valence-corrected chi connectivity index (χ2v) is 8.79. The summed E-state index contributed by atoms with van der Waals surface area (Å²) < 4.78 is 42.8. The van der Waals surface area contributed by atoms with E-state index in [1.54, 1.807) is 17.0 Å². The molecule has 31 heavy (non-hydrogen) atoms. The number of piperazine rings is 1. The Kier molecular flexibility index (Phi) is 7.97. The van der Waals surface area contributed by atoms with Crippen LogP contribution in [0, 0.1) is 0 Å². The van der Waals surface area contributed by atoms with Gasteiger partial charge < -0.3 is 15.0 Å². The normalized spacial score (nSPS) is 17.7.